The molecule has 1 aliphatic heterocycles. The van der Waals surface area contributed by atoms with Gasteiger partial charge in [-0.3, -0.25) is 0 Å². The van der Waals surface area contributed by atoms with Crippen LogP contribution in [-0.4, -0.2) is 23.1 Å². The molecule has 0 radical (unpaired) electrons. The fourth-order valence-electron chi connectivity index (χ4n) is 1.54. The minimum atomic E-state index is -0.438. The Kier molecular flexibility index (Phi) is 2.54. The van der Waals surface area contributed by atoms with Crippen LogP contribution < -0.4 is 5.32 Å². The van der Waals surface area contributed by atoms with E-state index < -0.39 is 6.10 Å². The predicted molar refractivity (Wildman–Crippen MR) is 52.8 cm³/mol. The molecule has 13 heavy (non-hydrogen) atoms. The lowest BCUT2D eigenvalue weighted by Crippen LogP contribution is -2.18. The lowest BCUT2D eigenvalue weighted by atomic mass is 10.1. The highest BCUT2D eigenvalue weighted by molar-refractivity contribution is 6.18. The van der Waals surface area contributed by atoms with E-state index in [0.29, 0.717) is 5.88 Å². The second-order valence-corrected chi connectivity index (χ2v) is 3.61. The molecule has 2 rings (SSSR count). The number of halogens is 1. The summed E-state index contributed by atoms with van der Waals surface area (Å²) in [4.78, 5) is 0. The molecule has 0 aromatic heterocycles. The molecule has 0 amide bonds. The molecule has 2 unspecified atom stereocenters. The summed E-state index contributed by atoms with van der Waals surface area (Å²) < 4.78 is 0. The molecule has 1 saturated heterocycles. The highest BCUT2D eigenvalue weighted by atomic mass is 35.5. The van der Waals surface area contributed by atoms with Crippen molar-refractivity contribution in [2.45, 2.75) is 18.2 Å². The number of rotatable bonds is 3. The minimum absolute atomic E-state index is 0.139. The minimum Gasteiger partial charge on any atom is -0.390 e. The maximum Gasteiger partial charge on any atom is 0.0847 e. The molecule has 0 bridgehead atoms. The van der Waals surface area contributed by atoms with Crippen LogP contribution in [0, 0.1) is 0 Å². The van der Waals surface area contributed by atoms with Gasteiger partial charge in [-0.05, 0) is 5.56 Å². The zero-order valence-corrected chi connectivity index (χ0v) is 7.91. The van der Waals surface area contributed by atoms with Crippen molar-refractivity contribution in [1.29, 1.82) is 0 Å². The second kappa shape index (κ2) is 3.66. The van der Waals surface area contributed by atoms with Gasteiger partial charge in [-0.1, -0.05) is 30.3 Å². The van der Waals surface area contributed by atoms with E-state index in [0.717, 1.165) is 0 Å². The van der Waals surface area contributed by atoms with Crippen molar-refractivity contribution in [1.82, 2.24) is 5.32 Å². The summed E-state index contributed by atoms with van der Waals surface area (Å²) in [6, 6.07) is 10.5. The molecule has 1 aliphatic rings. The standard InChI is InChI=1S/C10H12ClNO/c11-6-8(13)10-9(12-10)7-4-2-1-3-5-7/h1-5,8-10,12-13H,6H2/t8-,9?,10?/m1/s1. The summed E-state index contributed by atoms with van der Waals surface area (Å²) in [5, 5.41) is 12.6. The third-order valence-electron chi connectivity index (χ3n) is 2.35. The number of alkyl halides is 1. The van der Waals surface area contributed by atoms with Crippen molar-refractivity contribution in [3.8, 4) is 0 Å². The van der Waals surface area contributed by atoms with Crippen LogP contribution in [-0.2, 0) is 0 Å². The number of hydrogen-bond acceptors (Lipinski definition) is 2. The van der Waals surface area contributed by atoms with Crippen LogP contribution in [0.5, 0.6) is 0 Å². The van der Waals surface area contributed by atoms with Crippen LogP contribution in [0.15, 0.2) is 30.3 Å². The van der Waals surface area contributed by atoms with E-state index >= 15 is 0 Å². The average Bonchev–Trinajstić information content (AvgIpc) is 2.98. The van der Waals surface area contributed by atoms with E-state index in [1.54, 1.807) is 0 Å². The lowest BCUT2D eigenvalue weighted by molar-refractivity contribution is 0.194. The zero-order valence-electron chi connectivity index (χ0n) is 7.15. The average molecular weight is 198 g/mol. The number of nitrogens with one attached hydrogen (secondary N) is 1. The smallest absolute Gasteiger partial charge is 0.0847 e. The monoisotopic (exact) mass is 197 g/mol. The Balaban J connectivity index is 2.00. The van der Waals surface area contributed by atoms with Crippen LogP contribution in [0.1, 0.15) is 11.6 Å². The topological polar surface area (TPSA) is 42.2 Å². The Morgan fingerprint density at radius 1 is 1.38 bits per heavy atom. The molecule has 0 spiro atoms. The predicted octanol–water partition coefficient (Wildman–Crippen LogP) is 1.30. The van der Waals surface area contributed by atoms with Gasteiger partial charge in [-0.2, -0.15) is 0 Å². The van der Waals surface area contributed by atoms with Gasteiger partial charge in [0.05, 0.1) is 18.2 Å². The SMILES string of the molecule is O[C@H](CCl)C1NC1c1ccccc1. The largest absolute Gasteiger partial charge is 0.390 e. The molecule has 1 aromatic carbocycles. The summed E-state index contributed by atoms with van der Waals surface area (Å²) in [5.74, 6) is 0.293. The van der Waals surface area contributed by atoms with E-state index in [-0.39, 0.29) is 12.1 Å². The molecule has 1 fully saturated rings. The van der Waals surface area contributed by atoms with E-state index in [4.69, 9.17) is 11.6 Å². The van der Waals surface area contributed by atoms with Crippen molar-refractivity contribution in [3.63, 3.8) is 0 Å². The van der Waals surface area contributed by atoms with Gasteiger partial charge in [-0.25, -0.2) is 0 Å². The van der Waals surface area contributed by atoms with Gasteiger partial charge in [0.25, 0.3) is 0 Å². The van der Waals surface area contributed by atoms with Crippen LogP contribution in [0.3, 0.4) is 0 Å². The Morgan fingerprint density at radius 2 is 2.08 bits per heavy atom. The van der Waals surface area contributed by atoms with Gasteiger partial charge >= 0.3 is 0 Å². The third kappa shape index (κ3) is 1.85. The van der Waals surface area contributed by atoms with Crippen molar-refractivity contribution >= 4 is 11.6 Å². The molecule has 1 heterocycles. The highest BCUT2D eigenvalue weighted by Gasteiger charge is 2.41. The first kappa shape index (κ1) is 9.00. The molecule has 1 aromatic rings. The van der Waals surface area contributed by atoms with Gasteiger partial charge in [0, 0.05) is 5.88 Å². The van der Waals surface area contributed by atoms with Gasteiger partial charge in [0.15, 0.2) is 0 Å². The molecule has 3 heteroatoms. The molecule has 70 valence electrons. The number of hydrogen-bond donors (Lipinski definition) is 2. The number of aliphatic hydroxyl groups excluding tert-OH is 1. The van der Waals surface area contributed by atoms with E-state index in [1.807, 2.05) is 18.2 Å². The fourth-order valence-corrected chi connectivity index (χ4v) is 1.74. The van der Waals surface area contributed by atoms with E-state index in [1.165, 1.54) is 5.56 Å². The van der Waals surface area contributed by atoms with Gasteiger partial charge in [-0.15, -0.1) is 11.6 Å². The maximum absolute atomic E-state index is 9.43. The van der Waals surface area contributed by atoms with Crippen molar-refractivity contribution in [2.75, 3.05) is 5.88 Å². The molecule has 0 aliphatic carbocycles. The molecule has 2 N–H and O–H groups in total. The summed E-state index contributed by atoms with van der Waals surface area (Å²) in [5.41, 5.74) is 1.22. The second-order valence-electron chi connectivity index (χ2n) is 3.30. The van der Waals surface area contributed by atoms with Crippen molar-refractivity contribution < 1.29 is 5.11 Å². The van der Waals surface area contributed by atoms with Crippen LogP contribution in [0.2, 0.25) is 0 Å². The summed E-state index contributed by atoms with van der Waals surface area (Å²) >= 11 is 5.55. The molecule has 0 saturated carbocycles. The highest BCUT2D eigenvalue weighted by Crippen LogP contribution is 2.31. The Labute approximate surface area is 82.5 Å². The van der Waals surface area contributed by atoms with Gasteiger partial charge in [0.2, 0.25) is 0 Å². The maximum atomic E-state index is 9.43. The Bertz CT molecular complexity index is 278. The molecular formula is C10H12ClNO. The van der Waals surface area contributed by atoms with Gasteiger partial charge < -0.3 is 10.4 Å². The van der Waals surface area contributed by atoms with Crippen LogP contribution in [0.25, 0.3) is 0 Å². The first-order chi connectivity index (χ1) is 6.33. The normalized spacial score (nSPS) is 28.5. The first-order valence-corrected chi connectivity index (χ1v) is 4.91. The van der Waals surface area contributed by atoms with E-state index in [9.17, 15) is 5.11 Å². The number of benzene rings is 1. The van der Waals surface area contributed by atoms with Crippen LogP contribution >= 0.6 is 11.6 Å². The quantitative estimate of drug-likeness (QED) is 0.567. The van der Waals surface area contributed by atoms with Crippen molar-refractivity contribution in [3.05, 3.63) is 35.9 Å². The Hall–Kier alpha value is -0.570. The molecule has 2 nitrogen and oxygen atoms in total. The molecular weight excluding hydrogens is 186 g/mol. The molecule has 3 atom stereocenters. The summed E-state index contributed by atoms with van der Waals surface area (Å²) in [6.45, 7) is 0. The van der Waals surface area contributed by atoms with Gasteiger partial charge in [0.1, 0.15) is 0 Å². The fraction of sp³-hybridized carbons (Fsp3) is 0.400. The lowest BCUT2D eigenvalue weighted by Gasteiger charge is -2.02. The van der Waals surface area contributed by atoms with Crippen molar-refractivity contribution in [2.24, 2.45) is 0 Å². The third-order valence-corrected chi connectivity index (χ3v) is 2.67. The Morgan fingerprint density at radius 3 is 2.69 bits per heavy atom. The zero-order chi connectivity index (χ0) is 9.26. The number of aliphatic hydroxyl groups is 1. The van der Waals surface area contributed by atoms with E-state index in [2.05, 4.69) is 17.4 Å². The van der Waals surface area contributed by atoms with Crippen LogP contribution in [0.4, 0.5) is 0 Å². The summed E-state index contributed by atoms with van der Waals surface area (Å²) in [7, 11) is 0. The summed E-state index contributed by atoms with van der Waals surface area (Å²) in [6.07, 6.45) is -0.438. The first-order valence-electron chi connectivity index (χ1n) is 4.38.